The maximum atomic E-state index is 13.7. The van der Waals surface area contributed by atoms with Crippen molar-refractivity contribution in [2.24, 2.45) is 20.5 Å². The van der Waals surface area contributed by atoms with E-state index in [4.69, 9.17) is 50.5 Å². The Morgan fingerprint density at radius 3 is 0.932 bits per heavy atom. The van der Waals surface area contributed by atoms with Crippen molar-refractivity contribution in [3.63, 3.8) is 0 Å². The molecule has 1 aliphatic rings. The Morgan fingerprint density at radius 1 is 0.370 bits per heavy atom. The standard InChI is InChI=1S/C51H90N12O10/c1-68-51-50(73-47(67)37-29-21-13-5-9-17-25-33-41-59-63-55)49(72-46(66)36-28-20-12-4-8-16-24-32-40-58-62-54)48(71-45(65)35-27-19-11-3-7-15-23-31-39-57-61-53)43(70-51)42-69-44(64)34-26-18-10-2-6-14-22-30-38-56-60-52/h43,48-51H,2-42H2,1H3/t43-,48-,49+,50-,51+/m1/s1. The first-order valence-electron chi connectivity index (χ1n) is 27.8. The lowest BCUT2D eigenvalue weighted by Crippen LogP contribution is -2.63. The van der Waals surface area contributed by atoms with Crippen LogP contribution in [0.1, 0.15) is 231 Å². The van der Waals surface area contributed by atoms with Crippen molar-refractivity contribution in [2.75, 3.05) is 39.9 Å². The molecule has 1 saturated heterocycles. The van der Waals surface area contributed by atoms with Gasteiger partial charge in [0.25, 0.3) is 0 Å². The zero-order valence-electron chi connectivity index (χ0n) is 44.3. The molecule has 1 heterocycles. The fraction of sp³-hybridized carbons (Fsp3) is 0.922. The third kappa shape index (κ3) is 38.3. The van der Waals surface area contributed by atoms with Crippen molar-refractivity contribution >= 4 is 23.9 Å². The highest BCUT2D eigenvalue weighted by molar-refractivity contribution is 5.72. The number of azide groups is 4. The molecule has 0 unspecified atom stereocenters. The van der Waals surface area contributed by atoms with Crippen LogP contribution in [0.2, 0.25) is 0 Å². The van der Waals surface area contributed by atoms with Gasteiger partial charge in [0.2, 0.25) is 0 Å². The third-order valence-corrected chi connectivity index (χ3v) is 12.8. The molecule has 0 aromatic heterocycles. The number of ether oxygens (including phenoxy) is 6. The molecule has 1 rings (SSSR count). The minimum Gasteiger partial charge on any atom is -0.463 e. The van der Waals surface area contributed by atoms with E-state index in [-0.39, 0.29) is 32.3 Å². The fourth-order valence-corrected chi connectivity index (χ4v) is 8.71. The molecule has 1 fully saturated rings. The Bertz CT molecular complexity index is 1650. The van der Waals surface area contributed by atoms with E-state index in [0.717, 1.165) is 180 Å². The van der Waals surface area contributed by atoms with Crippen LogP contribution in [0.4, 0.5) is 0 Å². The predicted molar refractivity (Wildman–Crippen MR) is 279 cm³/mol. The summed E-state index contributed by atoms with van der Waals surface area (Å²) in [6.07, 6.45) is 23.5. The van der Waals surface area contributed by atoms with Crippen molar-refractivity contribution in [1.29, 1.82) is 0 Å². The van der Waals surface area contributed by atoms with Crippen LogP contribution in [-0.2, 0) is 47.6 Å². The Kier molecular flexibility index (Phi) is 44.6. The number of nitrogens with zero attached hydrogens (tertiary/aromatic N) is 12. The topological polar surface area (TPSA) is 319 Å². The Hall–Kier alpha value is -4.96. The summed E-state index contributed by atoms with van der Waals surface area (Å²) in [5, 5.41) is 14.3. The first kappa shape index (κ1) is 66.1. The maximum absolute atomic E-state index is 13.7. The summed E-state index contributed by atoms with van der Waals surface area (Å²) in [6, 6.07) is 0. The number of methoxy groups -OCH3 is 1. The quantitative estimate of drug-likeness (QED) is 0.0138. The normalized spacial score (nSPS) is 17.0. The number of hydrogen-bond acceptors (Lipinski definition) is 14. The van der Waals surface area contributed by atoms with Gasteiger partial charge in [-0.3, -0.25) is 19.2 Å². The van der Waals surface area contributed by atoms with Crippen LogP contribution in [0.25, 0.3) is 41.8 Å². The van der Waals surface area contributed by atoms with Gasteiger partial charge >= 0.3 is 23.9 Å². The summed E-state index contributed by atoms with van der Waals surface area (Å²) >= 11 is 0. The first-order valence-corrected chi connectivity index (χ1v) is 27.8. The van der Waals surface area contributed by atoms with Crippen molar-refractivity contribution in [3.05, 3.63) is 41.8 Å². The predicted octanol–water partition coefficient (Wildman–Crippen LogP) is 14.9. The fourth-order valence-electron chi connectivity index (χ4n) is 8.71. The van der Waals surface area contributed by atoms with Crippen LogP contribution in [0, 0.1) is 0 Å². The van der Waals surface area contributed by atoms with Crippen LogP contribution in [0.5, 0.6) is 0 Å². The highest BCUT2D eigenvalue weighted by atomic mass is 16.7. The summed E-state index contributed by atoms with van der Waals surface area (Å²) in [4.78, 5) is 65.1. The summed E-state index contributed by atoms with van der Waals surface area (Å²) < 4.78 is 36.1. The molecule has 0 aliphatic carbocycles. The molecule has 5 atom stereocenters. The average molecular weight is 1030 g/mol. The van der Waals surface area contributed by atoms with Crippen LogP contribution < -0.4 is 0 Å². The number of rotatable bonds is 50. The number of unbranched alkanes of at least 4 members (excludes halogenated alkanes) is 28. The van der Waals surface area contributed by atoms with Crippen molar-refractivity contribution in [3.8, 4) is 0 Å². The Morgan fingerprint density at radius 2 is 0.630 bits per heavy atom. The van der Waals surface area contributed by atoms with Gasteiger partial charge in [-0.15, -0.1) is 0 Å². The van der Waals surface area contributed by atoms with Gasteiger partial charge in [-0.2, -0.15) is 0 Å². The monoisotopic (exact) mass is 1030 g/mol. The minimum absolute atomic E-state index is 0.0845. The van der Waals surface area contributed by atoms with Gasteiger partial charge in [0.15, 0.2) is 24.6 Å². The summed E-state index contributed by atoms with van der Waals surface area (Å²) in [5.74, 6) is -2.09. The van der Waals surface area contributed by atoms with E-state index >= 15 is 0 Å². The SMILES string of the molecule is CO[C@H]1O[C@H](COC(=O)CCCCCCCCCCN=[N+]=[N-])[C@@H](OC(=O)CCCCCCCCCCN=[N+]=[N-])[C@H](OC(=O)CCCCCCCCCCN=[N+]=[N-])[C@H]1OC(=O)CCCCCCCCCCN=[N+]=[N-]. The highest BCUT2D eigenvalue weighted by Gasteiger charge is 2.53. The van der Waals surface area contributed by atoms with Crippen LogP contribution in [0.15, 0.2) is 20.5 Å². The summed E-state index contributed by atoms with van der Waals surface area (Å²) in [5.41, 5.74) is 33.8. The zero-order valence-corrected chi connectivity index (χ0v) is 44.3. The van der Waals surface area contributed by atoms with Gasteiger partial charge in [0, 0.05) is 78.6 Å². The lowest BCUT2D eigenvalue weighted by molar-refractivity contribution is -0.303. The molecule has 0 aromatic carbocycles. The van der Waals surface area contributed by atoms with Crippen molar-refractivity contribution < 1.29 is 47.6 Å². The number of carbonyl (C=O) groups is 4. The third-order valence-electron chi connectivity index (χ3n) is 12.8. The second kappa shape index (κ2) is 49.3. The highest BCUT2D eigenvalue weighted by Crippen LogP contribution is 2.31. The molecular formula is C51H90N12O10. The van der Waals surface area contributed by atoms with Gasteiger partial charge in [-0.1, -0.05) is 175 Å². The van der Waals surface area contributed by atoms with Crippen LogP contribution in [-0.4, -0.2) is 94.5 Å². The van der Waals surface area contributed by atoms with Gasteiger partial charge in [0.1, 0.15) is 12.7 Å². The molecule has 414 valence electrons. The van der Waals surface area contributed by atoms with E-state index in [2.05, 4.69) is 40.1 Å². The van der Waals surface area contributed by atoms with E-state index in [9.17, 15) is 19.2 Å². The van der Waals surface area contributed by atoms with E-state index < -0.39 is 54.6 Å². The van der Waals surface area contributed by atoms with Gasteiger partial charge in [-0.05, 0) is 73.5 Å². The van der Waals surface area contributed by atoms with Crippen LogP contribution >= 0.6 is 0 Å². The number of esters is 4. The van der Waals surface area contributed by atoms with Crippen molar-refractivity contribution in [2.45, 2.75) is 262 Å². The second-order valence-electron chi connectivity index (χ2n) is 19.0. The molecule has 22 heteroatoms. The molecule has 0 spiro atoms. The van der Waals surface area contributed by atoms with Crippen molar-refractivity contribution in [1.82, 2.24) is 0 Å². The lowest BCUT2D eigenvalue weighted by Gasteiger charge is -2.44. The van der Waals surface area contributed by atoms with Gasteiger partial charge in [0.05, 0.1) is 0 Å². The van der Waals surface area contributed by atoms with Gasteiger partial charge < -0.3 is 28.4 Å². The van der Waals surface area contributed by atoms with Crippen LogP contribution in [0.3, 0.4) is 0 Å². The minimum atomic E-state index is -1.31. The smallest absolute Gasteiger partial charge is 0.306 e. The summed E-state index contributed by atoms with van der Waals surface area (Å²) in [6.45, 7) is 1.72. The van der Waals surface area contributed by atoms with Gasteiger partial charge in [-0.25, -0.2) is 0 Å². The van der Waals surface area contributed by atoms with E-state index in [0.29, 0.717) is 51.9 Å². The molecule has 0 radical (unpaired) electrons. The molecule has 0 N–H and O–H groups in total. The molecule has 22 nitrogen and oxygen atoms in total. The Labute approximate surface area is 434 Å². The second-order valence-corrected chi connectivity index (χ2v) is 19.0. The largest absolute Gasteiger partial charge is 0.463 e. The molecule has 0 aromatic rings. The molecule has 1 aliphatic heterocycles. The molecule has 73 heavy (non-hydrogen) atoms. The van der Waals surface area contributed by atoms with E-state index in [1.54, 1.807) is 0 Å². The zero-order chi connectivity index (χ0) is 53.1. The maximum Gasteiger partial charge on any atom is 0.306 e. The molecule has 0 saturated carbocycles. The number of hydrogen-bond donors (Lipinski definition) is 0. The van der Waals surface area contributed by atoms with E-state index in [1.165, 1.54) is 7.11 Å². The molecule has 0 amide bonds. The first-order chi connectivity index (χ1) is 35.8. The average Bonchev–Trinajstić information content (AvgIpc) is 3.38. The Balaban J connectivity index is 3.08. The molecule has 0 bridgehead atoms. The van der Waals surface area contributed by atoms with E-state index in [1.807, 2.05) is 0 Å². The lowest BCUT2D eigenvalue weighted by atomic mass is 9.97. The summed E-state index contributed by atoms with van der Waals surface area (Å²) in [7, 11) is 1.38. The number of carbonyl (C=O) groups excluding carboxylic acids is 4. The molecular weight excluding hydrogens is 941 g/mol.